The summed E-state index contributed by atoms with van der Waals surface area (Å²) < 4.78 is 9.30. The summed E-state index contributed by atoms with van der Waals surface area (Å²) in [5, 5.41) is 8.97. The summed E-state index contributed by atoms with van der Waals surface area (Å²) in [5.74, 6) is -2.62. The number of methoxy groups -OCH3 is 2. The van der Waals surface area contributed by atoms with Gasteiger partial charge in [0.05, 0.1) is 38.0 Å². The van der Waals surface area contributed by atoms with Crippen LogP contribution in [0.2, 0.25) is 0 Å². The van der Waals surface area contributed by atoms with E-state index in [2.05, 4.69) is 15.5 Å². The molecule has 0 aromatic carbocycles. The molecule has 1 aliphatic carbocycles. The van der Waals surface area contributed by atoms with E-state index in [1.165, 1.54) is 14.2 Å². The van der Waals surface area contributed by atoms with Crippen LogP contribution in [0.25, 0.3) is 0 Å². The number of hydrogen-bond donors (Lipinski definition) is 0. The van der Waals surface area contributed by atoms with E-state index >= 15 is 0 Å². The Hall–Kier alpha value is -1.57. The Balaban J connectivity index is 2.92. The first-order valence-electron chi connectivity index (χ1n) is 5.21. The van der Waals surface area contributed by atoms with Crippen LogP contribution in [0.1, 0.15) is 19.3 Å². The van der Waals surface area contributed by atoms with Crippen LogP contribution in [-0.4, -0.2) is 26.2 Å². The Morgan fingerprint density at radius 3 is 2.31 bits per heavy atom. The minimum absolute atomic E-state index is 0.435. The highest BCUT2D eigenvalue weighted by molar-refractivity contribution is 5.82. The number of esters is 2. The number of hydrogen-bond acceptors (Lipinski definition) is 5. The Labute approximate surface area is 94.3 Å². The number of nitrogens with zero attached hydrogens (tertiary/aromatic N) is 1. The highest BCUT2D eigenvalue weighted by Gasteiger charge is 2.43. The zero-order valence-corrected chi connectivity index (χ0v) is 9.43. The van der Waals surface area contributed by atoms with Gasteiger partial charge in [-0.15, -0.1) is 0 Å². The second kappa shape index (κ2) is 5.50. The van der Waals surface area contributed by atoms with Gasteiger partial charge in [-0.1, -0.05) is 6.42 Å². The Bertz CT molecular complexity index is 320. The molecule has 88 valence electrons. The number of ether oxygens (including phenoxy) is 2. The van der Waals surface area contributed by atoms with E-state index in [1.807, 2.05) is 0 Å². The molecule has 0 N–H and O–H groups in total. The summed E-state index contributed by atoms with van der Waals surface area (Å²) in [6.07, 6.45) is 1.96. The monoisotopic (exact) mass is 225 g/mol. The minimum atomic E-state index is -0.684. The zero-order chi connectivity index (χ0) is 12.1. The number of carbonyl (C=O) groups is 2. The second-order valence-electron chi connectivity index (χ2n) is 3.85. The molecule has 0 aliphatic heterocycles. The third-order valence-electron chi connectivity index (χ3n) is 3.04. The van der Waals surface area contributed by atoms with Crippen molar-refractivity contribution in [2.24, 2.45) is 17.8 Å². The van der Waals surface area contributed by atoms with Crippen molar-refractivity contribution in [3.8, 4) is 6.07 Å². The fraction of sp³-hybridized carbons (Fsp3) is 0.727. The van der Waals surface area contributed by atoms with Crippen molar-refractivity contribution in [3.63, 3.8) is 0 Å². The molecule has 5 heteroatoms. The lowest BCUT2D eigenvalue weighted by molar-refractivity contribution is -0.161. The lowest BCUT2D eigenvalue weighted by atomic mass is 9.72. The summed E-state index contributed by atoms with van der Waals surface area (Å²) in [6, 6.07) is 2.07. The number of rotatable bonds is 2. The van der Waals surface area contributed by atoms with Crippen LogP contribution in [-0.2, 0) is 19.1 Å². The predicted molar refractivity (Wildman–Crippen MR) is 54.0 cm³/mol. The van der Waals surface area contributed by atoms with Crippen molar-refractivity contribution in [1.29, 1.82) is 5.26 Å². The summed E-state index contributed by atoms with van der Waals surface area (Å²) in [5.41, 5.74) is 0. The number of carbonyl (C=O) groups excluding carboxylic acids is 2. The van der Waals surface area contributed by atoms with Gasteiger partial charge >= 0.3 is 11.9 Å². The smallest absolute Gasteiger partial charge is 0.310 e. The van der Waals surface area contributed by atoms with Crippen molar-refractivity contribution >= 4 is 11.9 Å². The van der Waals surface area contributed by atoms with E-state index < -0.39 is 29.7 Å². The molecule has 16 heavy (non-hydrogen) atoms. The van der Waals surface area contributed by atoms with Crippen LogP contribution >= 0.6 is 0 Å². The Kier molecular flexibility index (Phi) is 4.29. The number of nitriles is 1. The van der Waals surface area contributed by atoms with E-state index in [9.17, 15) is 9.59 Å². The van der Waals surface area contributed by atoms with Gasteiger partial charge in [0.1, 0.15) is 0 Å². The maximum Gasteiger partial charge on any atom is 0.310 e. The molecule has 0 aromatic rings. The fourth-order valence-corrected chi connectivity index (χ4v) is 2.22. The van der Waals surface area contributed by atoms with Gasteiger partial charge in [0.25, 0.3) is 0 Å². The molecule has 0 radical (unpaired) electrons. The van der Waals surface area contributed by atoms with Gasteiger partial charge in [-0.2, -0.15) is 5.26 Å². The highest BCUT2D eigenvalue weighted by atomic mass is 16.5. The van der Waals surface area contributed by atoms with Crippen LogP contribution in [0.5, 0.6) is 0 Å². The van der Waals surface area contributed by atoms with Crippen molar-refractivity contribution in [2.75, 3.05) is 14.2 Å². The average molecular weight is 225 g/mol. The van der Waals surface area contributed by atoms with Crippen LogP contribution in [0.4, 0.5) is 0 Å². The molecule has 0 spiro atoms. The molecule has 1 aliphatic rings. The quantitative estimate of drug-likeness (QED) is 0.652. The predicted octanol–water partition coefficient (Wildman–Crippen LogP) is 0.888. The molecule has 0 amide bonds. The first-order chi connectivity index (χ1) is 7.65. The van der Waals surface area contributed by atoms with E-state index in [0.717, 1.165) is 6.42 Å². The third-order valence-corrected chi connectivity index (χ3v) is 3.04. The van der Waals surface area contributed by atoms with E-state index in [-0.39, 0.29) is 0 Å². The van der Waals surface area contributed by atoms with Gasteiger partial charge in [-0.25, -0.2) is 0 Å². The lowest BCUT2D eigenvalue weighted by Crippen LogP contribution is -2.39. The molecule has 1 rings (SSSR count). The van der Waals surface area contributed by atoms with Gasteiger partial charge < -0.3 is 9.47 Å². The molecule has 0 bridgehead atoms. The average Bonchev–Trinajstić information content (AvgIpc) is 2.35. The van der Waals surface area contributed by atoms with Crippen LogP contribution in [0.3, 0.4) is 0 Å². The zero-order valence-electron chi connectivity index (χ0n) is 9.43. The van der Waals surface area contributed by atoms with Gasteiger partial charge in [0.15, 0.2) is 0 Å². The summed E-state index contributed by atoms with van der Waals surface area (Å²) in [4.78, 5) is 23.1. The SMILES string of the molecule is COC(=O)[C@@H]1[C@H](C#N)CCC[C@H]1C(=O)OC. The second-order valence-corrected chi connectivity index (χ2v) is 3.85. The van der Waals surface area contributed by atoms with Crippen molar-refractivity contribution in [2.45, 2.75) is 19.3 Å². The Morgan fingerprint density at radius 1 is 1.19 bits per heavy atom. The van der Waals surface area contributed by atoms with E-state index in [0.29, 0.717) is 12.8 Å². The minimum Gasteiger partial charge on any atom is -0.469 e. The molecule has 5 nitrogen and oxygen atoms in total. The van der Waals surface area contributed by atoms with Crippen molar-refractivity contribution in [1.82, 2.24) is 0 Å². The molecule has 0 saturated heterocycles. The van der Waals surface area contributed by atoms with Crippen molar-refractivity contribution < 1.29 is 19.1 Å². The normalized spacial score (nSPS) is 28.9. The van der Waals surface area contributed by atoms with Gasteiger partial charge in [0.2, 0.25) is 0 Å². The van der Waals surface area contributed by atoms with Crippen LogP contribution in [0.15, 0.2) is 0 Å². The standard InChI is InChI=1S/C11H15NO4/c1-15-10(13)8-5-3-4-7(6-12)9(8)11(14)16-2/h7-9H,3-5H2,1-2H3/t7-,8+,9+/m0/s1. The maximum atomic E-state index is 11.6. The summed E-state index contributed by atoms with van der Waals surface area (Å²) in [6.45, 7) is 0. The summed E-state index contributed by atoms with van der Waals surface area (Å²) in [7, 11) is 2.55. The molecule has 0 aromatic heterocycles. The maximum absolute atomic E-state index is 11.6. The third kappa shape index (κ3) is 2.32. The van der Waals surface area contributed by atoms with Crippen LogP contribution in [0, 0.1) is 29.1 Å². The van der Waals surface area contributed by atoms with Crippen molar-refractivity contribution in [3.05, 3.63) is 0 Å². The van der Waals surface area contributed by atoms with Gasteiger partial charge in [0, 0.05) is 0 Å². The molecular weight excluding hydrogens is 210 g/mol. The van der Waals surface area contributed by atoms with Crippen LogP contribution < -0.4 is 0 Å². The molecule has 0 unspecified atom stereocenters. The Morgan fingerprint density at radius 2 is 1.81 bits per heavy atom. The first kappa shape index (κ1) is 12.5. The molecular formula is C11H15NO4. The summed E-state index contributed by atoms with van der Waals surface area (Å²) >= 11 is 0. The fourth-order valence-electron chi connectivity index (χ4n) is 2.22. The topological polar surface area (TPSA) is 76.4 Å². The largest absolute Gasteiger partial charge is 0.469 e. The molecule has 1 fully saturated rings. The van der Waals surface area contributed by atoms with E-state index in [4.69, 9.17) is 5.26 Å². The molecule has 1 saturated carbocycles. The lowest BCUT2D eigenvalue weighted by Gasteiger charge is -2.30. The first-order valence-corrected chi connectivity index (χ1v) is 5.21. The van der Waals surface area contributed by atoms with E-state index in [1.54, 1.807) is 0 Å². The molecule has 0 heterocycles. The van der Waals surface area contributed by atoms with Gasteiger partial charge in [-0.3, -0.25) is 9.59 Å². The highest BCUT2D eigenvalue weighted by Crippen LogP contribution is 2.36. The van der Waals surface area contributed by atoms with Gasteiger partial charge in [-0.05, 0) is 12.8 Å². The molecule has 3 atom stereocenters.